The summed E-state index contributed by atoms with van der Waals surface area (Å²) in [6, 6.07) is 0. The molecule has 1 spiro atoms. The SMILES string of the molecule is C[C@@H]1CC[C@@]2(OC1)OC1CC3C4CC[C@H]5CC(OC6OC(CO)C(OC7OC(CO)C(O)C(O)C7OC7OC(CO)C(O)C(O)C7O)C(O)C6O)[C@H](O)C[C@]5(C)C4CC[C@]3(C)C1[C@@H]2C. The summed E-state index contributed by atoms with van der Waals surface area (Å²) < 4.78 is 48.7. The smallest absolute Gasteiger partial charge is 0.187 e. The number of rotatable bonds is 9. The van der Waals surface area contributed by atoms with Crippen molar-refractivity contribution in [2.24, 2.45) is 52.3 Å². The highest BCUT2D eigenvalue weighted by Crippen LogP contribution is 2.71. The van der Waals surface area contributed by atoms with Gasteiger partial charge in [-0.05, 0) is 97.7 Å². The Balaban J connectivity index is 0.848. The minimum Gasteiger partial charge on any atom is -0.394 e. The summed E-state index contributed by atoms with van der Waals surface area (Å²) in [5.41, 5.74) is 0.0147. The van der Waals surface area contributed by atoms with E-state index in [0.717, 1.165) is 51.6 Å². The van der Waals surface area contributed by atoms with Gasteiger partial charge >= 0.3 is 0 Å². The van der Waals surface area contributed by atoms with E-state index in [2.05, 4.69) is 27.7 Å². The fraction of sp³-hybridized carbons (Fsp3) is 1.00. The van der Waals surface area contributed by atoms with E-state index in [-0.39, 0.29) is 22.9 Å². The Hall–Kier alpha value is -0.760. The van der Waals surface area contributed by atoms with Crippen LogP contribution in [-0.2, 0) is 37.9 Å². The third kappa shape index (κ3) is 7.85. The fourth-order valence-electron chi connectivity index (χ4n) is 14.7. The Labute approximate surface area is 373 Å². The van der Waals surface area contributed by atoms with Gasteiger partial charge in [-0.15, -0.1) is 0 Å². The molecule has 19 nitrogen and oxygen atoms in total. The molecule has 21 unspecified atom stereocenters. The Kier molecular flexibility index (Phi) is 13.7. The van der Waals surface area contributed by atoms with Crippen molar-refractivity contribution in [3.05, 3.63) is 0 Å². The summed E-state index contributed by atoms with van der Waals surface area (Å²) >= 11 is 0. The second kappa shape index (κ2) is 18.2. The molecule has 0 amide bonds. The van der Waals surface area contributed by atoms with Crippen molar-refractivity contribution < 1.29 is 94.1 Å². The maximum absolute atomic E-state index is 11.8. The van der Waals surface area contributed by atoms with Gasteiger partial charge in [-0.1, -0.05) is 27.7 Å². The van der Waals surface area contributed by atoms with Crippen LogP contribution < -0.4 is 0 Å². The highest BCUT2D eigenvalue weighted by Gasteiger charge is 2.69. The zero-order valence-electron chi connectivity index (χ0n) is 37.3. The normalized spacial score (nSPS) is 58.6. The predicted octanol–water partition coefficient (Wildman–Crippen LogP) is -1.76. The monoisotopic (exact) mass is 918 g/mol. The summed E-state index contributed by atoms with van der Waals surface area (Å²) in [6.07, 6.45) is -18.5. The first-order valence-corrected chi connectivity index (χ1v) is 23.9. The van der Waals surface area contributed by atoms with Crippen molar-refractivity contribution in [2.45, 2.75) is 202 Å². The molecule has 28 atom stereocenters. The fourth-order valence-corrected chi connectivity index (χ4v) is 14.7. The van der Waals surface area contributed by atoms with Gasteiger partial charge in [0.25, 0.3) is 0 Å². The number of hydrogen-bond donors (Lipinski definition) is 11. The second-order valence-corrected chi connectivity index (χ2v) is 21.7. The van der Waals surface area contributed by atoms with Gasteiger partial charge < -0.3 is 94.1 Å². The maximum Gasteiger partial charge on any atom is 0.187 e. The third-order valence-electron chi connectivity index (χ3n) is 18.3. The van der Waals surface area contributed by atoms with Gasteiger partial charge in [0.1, 0.15) is 73.2 Å². The number of aliphatic hydroxyl groups is 11. The summed E-state index contributed by atoms with van der Waals surface area (Å²) in [4.78, 5) is 0. The van der Waals surface area contributed by atoms with Gasteiger partial charge in [0, 0.05) is 12.3 Å². The summed E-state index contributed by atoms with van der Waals surface area (Å²) in [5, 5.41) is 118. The van der Waals surface area contributed by atoms with Gasteiger partial charge in [-0.2, -0.15) is 0 Å². The molecule has 9 rings (SSSR count). The standard InChI is InChI=1S/C45H74O19/c1-18-7-10-45(57-17-18)19(2)30-26(64-45)12-23-21-6-5-20-11-25(24(49)13-44(20,4)22(21)8-9-43(23,30)3)58-40-37(56)35(54)38(29(16-48)61-40)62-42-39(34(53)32(51)28(15-47)60-42)63-41-36(55)33(52)31(50)27(14-46)59-41/h18-42,46-56H,5-17H2,1-4H3/t18-,19+,20+,21?,22?,23?,24-,25?,26?,27?,28?,29?,30?,31?,32?,33?,34?,35?,36?,37?,38?,39?,40?,41?,42?,43+,44+,45-/m1/s1. The molecule has 0 aromatic heterocycles. The van der Waals surface area contributed by atoms with E-state index in [1.807, 2.05) is 0 Å². The highest BCUT2D eigenvalue weighted by molar-refractivity contribution is 5.16. The van der Waals surface area contributed by atoms with E-state index in [0.29, 0.717) is 48.3 Å². The van der Waals surface area contributed by atoms with Crippen molar-refractivity contribution >= 4 is 0 Å². The zero-order valence-corrected chi connectivity index (χ0v) is 37.3. The van der Waals surface area contributed by atoms with Crippen molar-refractivity contribution in [3.8, 4) is 0 Å². The molecule has 0 radical (unpaired) electrons. The quantitative estimate of drug-likeness (QED) is 0.114. The van der Waals surface area contributed by atoms with Crippen LogP contribution in [-0.4, -0.2) is 199 Å². The minimum atomic E-state index is -1.91. The van der Waals surface area contributed by atoms with Gasteiger partial charge in [0.2, 0.25) is 0 Å². The molecular formula is C45H74O19. The van der Waals surface area contributed by atoms with Gasteiger partial charge in [-0.3, -0.25) is 0 Å². The van der Waals surface area contributed by atoms with Crippen LogP contribution in [0.4, 0.5) is 0 Å². The molecule has 0 aromatic carbocycles. The van der Waals surface area contributed by atoms with E-state index in [1.165, 1.54) is 0 Å². The third-order valence-corrected chi connectivity index (χ3v) is 18.3. The molecule has 9 fully saturated rings. The molecule has 0 bridgehead atoms. The Morgan fingerprint density at radius 1 is 0.578 bits per heavy atom. The minimum absolute atomic E-state index is 0.144. The van der Waals surface area contributed by atoms with Crippen LogP contribution in [0, 0.1) is 52.3 Å². The molecule has 11 N–H and O–H groups in total. The predicted molar refractivity (Wildman–Crippen MR) is 217 cm³/mol. The van der Waals surface area contributed by atoms with Crippen LogP contribution >= 0.6 is 0 Å². The first-order valence-electron chi connectivity index (χ1n) is 23.9. The Bertz CT molecular complexity index is 1600. The van der Waals surface area contributed by atoms with Crippen LogP contribution in [0.25, 0.3) is 0 Å². The molecule has 5 heterocycles. The average molecular weight is 919 g/mol. The van der Waals surface area contributed by atoms with Crippen molar-refractivity contribution in [1.29, 1.82) is 0 Å². The lowest BCUT2D eigenvalue weighted by molar-refractivity contribution is -0.391. The van der Waals surface area contributed by atoms with E-state index >= 15 is 0 Å². The number of hydrogen-bond acceptors (Lipinski definition) is 19. The van der Waals surface area contributed by atoms with E-state index in [1.54, 1.807) is 0 Å². The van der Waals surface area contributed by atoms with Crippen LogP contribution in [0.1, 0.15) is 85.5 Å². The number of fused-ring (bicyclic) bond motifs is 7. The van der Waals surface area contributed by atoms with Crippen LogP contribution in [0.3, 0.4) is 0 Å². The van der Waals surface area contributed by atoms with Gasteiger partial charge in [0.05, 0.1) is 44.7 Å². The zero-order chi connectivity index (χ0) is 45.8. The molecule has 9 aliphatic rings. The van der Waals surface area contributed by atoms with Gasteiger partial charge in [0.15, 0.2) is 24.7 Å². The van der Waals surface area contributed by atoms with E-state index < -0.39 is 130 Å². The molecule has 368 valence electrons. The lowest BCUT2D eigenvalue weighted by Crippen LogP contribution is -2.67. The second-order valence-electron chi connectivity index (χ2n) is 21.7. The van der Waals surface area contributed by atoms with Crippen LogP contribution in [0.2, 0.25) is 0 Å². The van der Waals surface area contributed by atoms with Crippen molar-refractivity contribution in [2.75, 3.05) is 26.4 Å². The van der Waals surface area contributed by atoms with Gasteiger partial charge in [-0.25, -0.2) is 0 Å². The molecule has 5 saturated heterocycles. The first-order chi connectivity index (χ1) is 30.4. The molecular weight excluding hydrogens is 844 g/mol. The molecule has 4 aliphatic carbocycles. The van der Waals surface area contributed by atoms with E-state index in [4.69, 9.17) is 37.9 Å². The average Bonchev–Trinajstić information content (AvgIpc) is 3.72. The lowest BCUT2D eigenvalue weighted by atomic mass is 9.44. The van der Waals surface area contributed by atoms with Crippen LogP contribution in [0.5, 0.6) is 0 Å². The highest BCUT2D eigenvalue weighted by atomic mass is 16.8. The molecule has 64 heavy (non-hydrogen) atoms. The topological polar surface area (TPSA) is 296 Å². The number of aliphatic hydroxyl groups excluding tert-OH is 11. The molecule has 4 saturated carbocycles. The summed E-state index contributed by atoms with van der Waals surface area (Å²) in [7, 11) is 0. The van der Waals surface area contributed by atoms with Crippen molar-refractivity contribution in [3.63, 3.8) is 0 Å². The summed E-state index contributed by atoms with van der Waals surface area (Å²) in [6.45, 7) is 7.85. The van der Waals surface area contributed by atoms with Crippen LogP contribution in [0.15, 0.2) is 0 Å². The molecule has 5 aliphatic heterocycles. The largest absolute Gasteiger partial charge is 0.394 e. The Morgan fingerprint density at radius 2 is 1.19 bits per heavy atom. The summed E-state index contributed by atoms with van der Waals surface area (Å²) in [5.74, 6) is 2.57. The molecule has 0 aromatic rings. The van der Waals surface area contributed by atoms with E-state index in [9.17, 15) is 56.2 Å². The first kappa shape index (κ1) is 48.3. The Morgan fingerprint density at radius 3 is 1.86 bits per heavy atom. The van der Waals surface area contributed by atoms with Crippen molar-refractivity contribution in [1.82, 2.24) is 0 Å². The maximum atomic E-state index is 11.8. The number of ether oxygens (including phenoxy) is 8. The molecule has 19 heteroatoms. The lowest BCUT2D eigenvalue weighted by Gasteiger charge is -2.62.